The van der Waals surface area contributed by atoms with Crippen LogP contribution in [0.4, 0.5) is 0 Å². The lowest BCUT2D eigenvalue weighted by Gasteiger charge is -2.12. The van der Waals surface area contributed by atoms with E-state index in [2.05, 4.69) is 6.58 Å². The molecule has 0 saturated heterocycles. The maximum atomic E-state index is 10.3. The van der Waals surface area contributed by atoms with Crippen LogP contribution < -0.4 is 4.74 Å². The van der Waals surface area contributed by atoms with Gasteiger partial charge in [-0.1, -0.05) is 67.0 Å². The first-order valence-electron chi connectivity index (χ1n) is 7.52. The number of phenols is 1. The summed E-state index contributed by atoms with van der Waals surface area (Å²) in [4.78, 5) is 0.944. The van der Waals surface area contributed by atoms with Crippen molar-refractivity contribution in [2.45, 2.75) is 20.5 Å². The van der Waals surface area contributed by atoms with Crippen molar-refractivity contribution >= 4 is 34.3 Å². The van der Waals surface area contributed by atoms with Gasteiger partial charge in [0.2, 0.25) is 0 Å². The number of thioether (sulfide) groups is 1. The fraction of sp³-hybridized carbons (Fsp3) is 0.150. The Labute approximate surface area is 152 Å². The van der Waals surface area contributed by atoms with E-state index >= 15 is 0 Å². The molecule has 0 unspecified atom stereocenters. The highest BCUT2D eigenvalue weighted by Crippen LogP contribution is 2.33. The summed E-state index contributed by atoms with van der Waals surface area (Å²) in [7, 11) is 0. The Kier molecular flexibility index (Phi) is 6.64. The molecule has 1 N–H and O–H groups in total. The molecule has 2 aromatic rings. The van der Waals surface area contributed by atoms with Gasteiger partial charge in [0.05, 0.1) is 0 Å². The molecule has 0 atom stereocenters. The molecule has 2 rings (SSSR count). The van der Waals surface area contributed by atoms with Crippen LogP contribution in [0.1, 0.15) is 23.6 Å². The van der Waals surface area contributed by atoms with Gasteiger partial charge in [-0.2, -0.15) is 0 Å². The van der Waals surface area contributed by atoms with Gasteiger partial charge in [-0.3, -0.25) is 0 Å². The van der Waals surface area contributed by atoms with Crippen LogP contribution in [0.25, 0.3) is 6.08 Å². The van der Waals surface area contributed by atoms with Crippen molar-refractivity contribution in [1.82, 2.24) is 0 Å². The van der Waals surface area contributed by atoms with Gasteiger partial charge in [0.15, 0.2) is 11.5 Å². The first-order valence-corrected chi connectivity index (χ1v) is 8.75. The topological polar surface area (TPSA) is 29.5 Å². The molecule has 0 aliphatic carbocycles. The number of hydrogen-bond acceptors (Lipinski definition) is 4. The van der Waals surface area contributed by atoms with Crippen LogP contribution in [-0.2, 0) is 6.61 Å². The monoisotopic (exact) mass is 356 g/mol. The Hall–Kier alpha value is -2.04. The molecular weight excluding hydrogens is 336 g/mol. The second-order valence-corrected chi connectivity index (χ2v) is 7.46. The van der Waals surface area contributed by atoms with E-state index in [1.807, 2.05) is 56.3 Å². The van der Waals surface area contributed by atoms with Gasteiger partial charge < -0.3 is 9.84 Å². The maximum Gasteiger partial charge on any atom is 0.164 e. The molecule has 0 heterocycles. The van der Waals surface area contributed by atoms with E-state index in [1.54, 1.807) is 12.1 Å². The van der Waals surface area contributed by atoms with Crippen LogP contribution in [0.5, 0.6) is 11.5 Å². The molecule has 0 aliphatic rings. The third-order valence-corrected chi connectivity index (χ3v) is 4.33. The third kappa shape index (κ3) is 5.25. The summed E-state index contributed by atoms with van der Waals surface area (Å²) in [6.07, 6.45) is 3.70. The largest absolute Gasteiger partial charge is 0.504 e. The fourth-order valence-corrected chi connectivity index (χ4v) is 3.14. The lowest BCUT2D eigenvalue weighted by atomic mass is 10.1. The molecule has 2 aromatic carbocycles. The molecule has 24 heavy (non-hydrogen) atoms. The second-order valence-electron chi connectivity index (χ2n) is 5.30. The van der Waals surface area contributed by atoms with Crippen molar-refractivity contribution in [3.05, 3.63) is 76.7 Å². The molecule has 4 heteroatoms. The quantitative estimate of drug-likeness (QED) is 0.516. The molecule has 0 aliphatic heterocycles. The van der Waals surface area contributed by atoms with E-state index in [4.69, 9.17) is 17.0 Å². The van der Waals surface area contributed by atoms with Crippen molar-refractivity contribution in [1.29, 1.82) is 0 Å². The van der Waals surface area contributed by atoms with Crippen LogP contribution in [0, 0.1) is 6.92 Å². The summed E-state index contributed by atoms with van der Waals surface area (Å²) in [5.74, 6) is 0.638. The van der Waals surface area contributed by atoms with Crippen molar-refractivity contribution in [3.63, 3.8) is 0 Å². The molecule has 0 amide bonds. The number of aryl methyl sites for hydroxylation is 1. The molecule has 0 aromatic heterocycles. The highest BCUT2D eigenvalue weighted by molar-refractivity contribution is 8.25. The van der Waals surface area contributed by atoms with Crippen molar-refractivity contribution in [3.8, 4) is 11.5 Å². The first kappa shape index (κ1) is 18.3. The van der Waals surface area contributed by atoms with Gasteiger partial charge in [-0.25, -0.2) is 0 Å². The maximum absolute atomic E-state index is 10.3. The van der Waals surface area contributed by atoms with E-state index in [-0.39, 0.29) is 5.75 Å². The van der Waals surface area contributed by atoms with Gasteiger partial charge in [0.25, 0.3) is 0 Å². The van der Waals surface area contributed by atoms with Crippen molar-refractivity contribution in [2.24, 2.45) is 0 Å². The zero-order chi connectivity index (χ0) is 17.5. The molecule has 0 bridgehead atoms. The summed E-state index contributed by atoms with van der Waals surface area (Å²) in [5.41, 5.74) is 2.82. The average Bonchev–Trinajstić information content (AvgIpc) is 2.54. The normalized spacial score (nSPS) is 11.2. The number of thiocarbonyl (C=S) groups is 1. The molecule has 124 valence electrons. The number of hydrogen-bond donors (Lipinski definition) is 1. The Bertz CT molecular complexity index is 741. The van der Waals surface area contributed by atoms with Gasteiger partial charge in [-0.05, 0) is 48.7 Å². The minimum Gasteiger partial charge on any atom is -0.504 e. The average molecular weight is 357 g/mol. The number of phenolic OH excluding ortho intramolecular Hbond substituents is 1. The fourth-order valence-electron chi connectivity index (χ4n) is 2.24. The van der Waals surface area contributed by atoms with Crippen LogP contribution in [0.2, 0.25) is 0 Å². The lowest BCUT2D eigenvalue weighted by molar-refractivity contribution is 0.287. The highest BCUT2D eigenvalue weighted by atomic mass is 32.2. The smallest absolute Gasteiger partial charge is 0.164 e. The second kappa shape index (κ2) is 8.71. The highest BCUT2D eigenvalue weighted by Gasteiger charge is 2.09. The Morgan fingerprint density at radius 1 is 1.29 bits per heavy atom. The van der Waals surface area contributed by atoms with E-state index in [9.17, 15) is 5.11 Å². The number of allylic oxidation sites excluding steroid dienone is 1. The van der Waals surface area contributed by atoms with Crippen molar-refractivity contribution in [2.75, 3.05) is 0 Å². The number of ether oxygens (including phenoxy) is 1. The summed E-state index contributed by atoms with van der Waals surface area (Å²) < 4.78 is 6.61. The molecular formula is C20H20O2S2. The van der Waals surface area contributed by atoms with Gasteiger partial charge in [-0.15, -0.1) is 0 Å². The predicted octanol–water partition coefficient (Wildman–Crippen LogP) is 5.89. The molecule has 0 spiro atoms. The van der Waals surface area contributed by atoms with Gasteiger partial charge in [0.1, 0.15) is 6.61 Å². The molecule has 0 saturated carbocycles. The van der Waals surface area contributed by atoms with E-state index in [1.165, 1.54) is 11.8 Å². The van der Waals surface area contributed by atoms with E-state index < -0.39 is 0 Å². The lowest BCUT2D eigenvalue weighted by Crippen LogP contribution is -1.97. The molecule has 0 fully saturated rings. The minimum absolute atomic E-state index is 0.129. The zero-order valence-electron chi connectivity index (χ0n) is 13.8. The van der Waals surface area contributed by atoms with E-state index in [0.29, 0.717) is 12.4 Å². The Morgan fingerprint density at radius 3 is 2.58 bits per heavy atom. The first-order chi connectivity index (χ1) is 11.5. The number of benzene rings is 2. The predicted molar refractivity (Wildman–Crippen MR) is 108 cm³/mol. The third-order valence-electron chi connectivity index (χ3n) is 3.28. The zero-order valence-corrected chi connectivity index (χ0v) is 15.4. The SMILES string of the molecule is C=C/C(=C/c1cc(C)c(OCc2ccccc2)c(O)c1)SC(C)=S. The summed E-state index contributed by atoms with van der Waals surface area (Å²) in [5, 5.41) is 10.3. The molecule has 2 nitrogen and oxygen atoms in total. The number of aromatic hydroxyl groups is 1. The summed E-state index contributed by atoms with van der Waals surface area (Å²) >= 11 is 6.59. The van der Waals surface area contributed by atoms with Gasteiger partial charge >= 0.3 is 0 Å². The summed E-state index contributed by atoms with van der Waals surface area (Å²) in [6, 6.07) is 13.5. The minimum atomic E-state index is 0.129. The standard InChI is InChI=1S/C20H20O2S2/c1-4-18(24-15(3)23)11-17-10-14(2)20(19(21)12-17)22-13-16-8-6-5-7-9-16/h4-12,21H,1,13H2,2-3H3/b18-11-. The van der Waals surface area contributed by atoms with Crippen LogP contribution in [0.3, 0.4) is 0 Å². The molecule has 0 radical (unpaired) electrons. The Balaban J connectivity index is 2.20. The Morgan fingerprint density at radius 2 is 2.00 bits per heavy atom. The van der Waals surface area contributed by atoms with Crippen LogP contribution in [0.15, 0.2) is 60.0 Å². The van der Waals surface area contributed by atoms with E-state index in [0.717, 1.165) is 25.8 Å². The number of rotatable bonds is 6. The summed E-state index contributed by atoms with van der Waals surface area (Å²) in [6.45, 7) is 8.01. The van der Waals surface area contributed by atoms with Crippen LogP contribution in [-0.4, -0.2) is 9.30 Å². The van der Waals surface area contributed by atoms with Crippen molar-refractivity contribution < 1.29 is 9.84 Å². The van der Waals surface area contributed by atoms with Crippen LogP contribution >= 0.6 is 24.0 Å². The van der Waals surface area contributed by atoms with Gasteiger partial charge in [0, 0.05) is 9.10 Å².